The minimum Gasteiger partial charge on any atom is -0.419 e. The van der Waals surface area contributed by atoms with Gasteiger partial charge < -0.3 is 10.2 Å². The third-order valence-corrected chi connectivity index (χ3v) is 2.79. The molecule has 2 aromatic heterocycles. The number of H-pyrrole nitrogens is 1. The summed E-state index contributed by atoms with van der Waals surface area (Å²) in [5, 5.41) is 6.86. The third-order valence-electron chi connectivity index (χ3n) is 2.79. The first-order valence-corrected chi connectivity index (χ1v) is 6.37. The molecule has 0 radical (unpaired) electrons. The van der Waals surface area contributed by atoms with Gasteiger partial charge in [-0.3, -0.25) is 5.10 Å². The van der Waals surface area contributed by atoms with E-state index in [0.717, 1.165) is 11.3 Å². The highest BCUT2D eigenvalue weighted by molar-refractivity contribution is 5.49. The number of nitrogens with two attached hydrogens (primary N) is 1. The van der Waals surface area contributed by atoms with Gasteiger partial charge in [0.05, 0.1) is 5.56 Å². The molecule has 2 aromatic rings. The standard InChI is InChI=1S/C13H20N6O/c1-7-6-9(19-18-7)20-11-8(2)10(17-14)15-12(16-11)13(3,4)5/h6H,14H2,1-5H3,(H,18,19)(H,15,16,17). The van der Waals surface area contributed by atoms with Gasteiger partial charge in [-0.2, -0.15) is 4.98 Å². The Hall–Kier alpha value is -2.15. The van der Waals surface area contributed by atoms with Crippen LogP contribution in [0.25, 0.3) is 0 Å². The second-order valence-electron chi connectivity index (χ2n) is 5.71. The van der Waals surface area contributed by atoms with Crippen LogP contribution in [-0.2, 0) is 5.41 Å². The zero-order valence-corrected chi connectivity index (χ0v) is 12.4. The Labute approximate surface area is 117 Å². The minimum absolute atomic E-state index is 0.209. The first kappa shape index (κ1) is 14.3. The average Bonchev–Trinajstić information content (AvgIpc) is 2.76. The predicted molar refractivity (Wildman–Crippen MR) is 76.7 cm³/mol. The van der Waals surface area contributed by atoms with Gasteiger partial charge in [-0.1, -0.05) is 20.8 Å². The van der Waals surface area contributed by atoms with E-state index in [2.05, 4.69) is 25.6 Å². The van der Waals surface area contributed by atoms with E-state index in [1.807, 2.05) is 34.6 Å². The van der Waals surface area contributed by atoms with Gasteiger partial charge in [-0.15, -0.1) is 5.10 Å². The van der Waals surface area contributed by atoms with Crippen molar-refractivity contribution in [3.63, 3.8) is 0 Å². The number of hydrogen-bond donors (Lipinski definition) is 3. The Morgan fingerprint density at radius 3 is 2.45 bits per heavy atom. The SMILES string of the molecule is Cc1cc(Oc2nc(C(C)(C)C)nc(NN)c2C)n[nH]1. The van der Waals surface area contributed by atoms with E-state index < -0.39 is 0 Å². The van der Waals surface area contributed by atoms with E-state index in [4.69, 9.17) is 10.6 Å². The maximum Gasteiger partial charge on any atom is 0.240 e. The number of ether oxygens (including phenoxy) is 1. The molecule has 0 aliphatic carbocycles. The second-order valence-corrected chi connectivity index (χ2v) is 5.71. The lowest BCUT2D eigenvalue weighted by molar-refractivity contribution is 0.426. The molecule has 0 amide bonds. The topological polar surface area (TPSA) is 102 Å². The highest BCUT2D eigenvalue weighted by Crippen LogP contribution is 2.29. The molecular formula is C13H20N6O. The molecule has 2 heterocycles. The highest BCUT2D eigenvalue weighted by atomic mass is 16.5. The molecular weight excluding hydrogens is 256 g/mol. The molecule has 0 bridgehead atoms. The fourth-order valence-electron chi connectivity index (χ4n) is 1.62. The summed E-state index contributed by atoms with van der Waals surface area (Å²) in [6.45, 7) is 9.83. The molecule has 0 aliphatic heterocycles. The van der Waals surface area contributed by atoms with Crippen molar-refractivity contribution in [3.8, 4) is 11.8 Å². The number of nitrogens with zero attached hydrogens (tertiary/aromatic N) is 3. The lowest BCUT2D eigenvalue weighted by atomic mass is 9.95. The molecule has 20 heavy (non-hydrogen) atoms. The number of aryl methyl sites for hydroxylation is 1. The van der Waals surface area contributed by atoms with E-state index in [1.165, 1.54) is 0 Å². The van der Waals surface area contributed by atoms with E-state index >= 15 is 0 Å². The monoisotopic (exact) mass is 276 g/mol. The van der Waals surface area contributed by atoms with Crippen LogP contribution in [0.3, 0.4) is 0 Å². The summed E-state index contributed by atoms with van der Waals surface area (Å²) in [4.78, 5) is 8.89. The van der Waals surface area contributed by atoms with Gasteiger partial charge in [0.25, 0.3) is 0 Å². The van der Waals surface area contributed by atoms with Crippen LogP contribution in [0.1, 0.15) is 37.9 Å². The zero-order valence-electron chi connectivity index (χ0n) is 12.4. The summed E-state index contributed by atoms with van der Waals surface area (Å²) < 4.78 is 5.72. The molecule has 108 valence electrons. The van der Waals surface area contributed by atoms with Gasteiger partial charge in [-0.25, -0.2) is 10.8 Å². The quantitative estimate of drug-likeness (QED) is 0.586. The van der Waals surface area contributed by atoms with Crippen LogP contribution in [0.5, 0.6) is 11.8 Å². The normalized spacial score (nSPS) is 11.5. The molecule has 0 saturated heterocycles. The highest BCUT2D eigenvalue weighted by Gasteiger charge is 2.22. The van der Waals surface area contributed by atoms with Crippen LogP contribution in [0.15, 0.2) is 6.07 Å². The smallest absolute Gasteiger partial charge is 0.240 e. The molecule has 0 unspecified atom stereocenters. The number of nitrogens with one attached hydrogen (secondary N) is 2. The van der Waals surface area contributed by atoms with Gasteiger partial charge in [0.2, 0.25) is 11.8 Å². The number of rotatable bonds is 3. The first-order chi connectivity index (χ1) is 9.31. The number of hydrogen-bond acceptors (Lipinski definition) is 6. The van der Waals surface area contributed by atoms with E-state index in [-0.39, 0.29) is 5.41 Å². The summed E-state index contributed by atoms with van der Waals surface area (Å²) in [6.07, 6.45) is 0. The number of hydrazine groups is 1. The van der Waals surface area contributed by atoms with Crippen molar-refractivity contribution in [2.45, 2.75) is 40.0 Å². The largest absolute Gasteiger partial charge is 0.419 e. The van der Waals surface area contributed by atoms with Crippen molar-refractivity contribution in [2.24, 2.45) is 5.84 Å². The van der Waals surface area contributed by atoms with Crippen molar-refractivity contribution >= 4 is 5.82 Å². The van der Waals surface area contributed by atoms with Gasteiger partial charge in [-0.05, 0) is 13.8 Å². The van der Waals surface area contributed by atoms with Crippen LogP contribution in [0.4, 0.5) is 5.82 Å². The Balaban J connectivity index is 2.45. The lowest BCUT2D eigenvalue weighted by Gasteiger charge is -2.19. The Morgan fingerprint density at radius 2 is 1.95 bits per heavy atom. The molecule has 7 nitrogen and oxygen atoms in total. The maximum atomic E-state index is 5.72. The summed E-state index contributed by atoms with van der Waals surface area (Å²) in [6, 6.07) is 1.80. The van der Waals surface area contributed by atoms with Gasteiger partial charge in [0.1, 0.15) is 5.82 Å². The fourth-order valence-corrected chi connectivity index (χ4v) is 1.62. The molecule has 4 N–H and O–H groups in total. The van der Waals surface area contributed by atoms with Gasteiger partial charge in [0.15, 0.2) is 5.82 Å². The Kier molecular flexibility index (Phi) is 3.63. The Bertz CT molecular complexity index is 614. The third kappa shape index (κ3) is 2.88. The molecule has 2 rings (SSSR count). The molecule has 7 heteroatoms. The molecule has 0 fully saturated rings. The molecule has 0 aromatic carbocycles. The van der Waals surface area contributed by atoms with E-state index in [1.54, 1.807) is 6.07 Å². The molecule has 0 saturated carbocycles. The van der Waals surface area contributed by atoms with Crippen molar-refractivity contribution < 1.29 is 4.74 Å². The summed E-state index contributed by atoms with van der Waals surface area (Å²) in [5.41, 5.74) is 4.02. The second kappa shape index (κ2) is 5.09. The minimum atomic E-state index is -0.209. The molecule has 0 spiro atoms. The predicted octanol–water partition coefficient (Wildman–Crippen LogP) is 2.19. The van der Waals surface area contributed by atoms with Crippen LogP contribution >= 0.6 is 0 Å². The first-order valence-electron chi connectivity index (χ1n) is 6.37. The van der Waals surface area contributed by atoms with Crippen LogP contribution in [-0.4, -0.2) is 20.2 Å². The van der Waals surface area contributed by atoms with Crippen molar-refractivity contribution in [1.82, 2.24) is 20.2 Å². The Morgan fingerprint density at radius 1 is 1.25 bits per heavy atom. The number of nitrogen functional groups attached to an aromatic ring is 1. The van der Waals surface area contributed by atoms with Crippen molar-refractivity contribution in [1.29, 1.82) is 0 Å². The van der Waals surface area contributed by atoms with E-state index in [9.17, 15) is 0 Å². The maximum absolute atomic E-state index is 5.72. The fraction of sp³-hybridized carbons (Fsp3) is 0.462. The number of anilines is 1. The van der Waals surface area contributed by atoms with Crippen LogP contribution in [0.2, 0.25) is 0 Å². The number of aromatic amines is 1. The summed E-state index contributed by atoms with van der Waals surface area (Å²) >= 11 is 0. The van der Waals surface area contributed by atoms with Crippen molar-refractivity contribution in [2.75, 3.05) is 5.43 Å². The molecule has 0 atom stereocenters. The van der Waals surface area contributed by atoms with Gasteiger partial charge in [0, 0.05) is 17.2 Å². The number of aromatic nitrogens is 4. The van der Waals surface area contributed by atoms with Crippen LogP contribution in [0, 0.1) is 13.8 Å². The zero-order chi connectivity index (χ0) is 14.9. The van der Waals surface area contributed by atoms with E-state index in [0.29, 0.717) is 23.4 Å². The molecule has 0 aliphatic rings. The average molecular weight is 276 g/mol. The summed E-state index contributed by atoms with van der Waals surface area (Å²) in [7, 11) is 0. The summed E-state index contributed by atoms with van der Waals surface area (Å²) in [5.74, 6) is 7.62. The van der Waals surface area contributed by atoms with Crippen molar-refractivity contribution in [3.05, 3.63) is 23.1 Å². The van der Waals surface area contributed by atoms with Crippen LogP contribution < -0.4 is 16.0 Å². The van der Waals surface area contributed by atoms with Gasteiger partial charge >= 0.3 is 0 Å². The lowest BCUT2D eigenvalue weighted by Crippen LogP contribution is -2.20.